The lowest BCUT2D eigenvalue weighted by Gasteiger charge is -2.15. The predicted octanol–water partition coefficient (Wildman–Crippen LogP) is 3.17. The van der Waals surface area contributed by atoms with E-state index in [1.807, 2.05) is 52.1 Å². The molecule has 25 heavy (non-hydrogen) atoms. The number of aryl methyl sites for hydroxylation is 4. The molecule has 0 saturated heterocycles. The Labute approximate surface area is 147 Å². The summed E-state index contributed by atoms with van der Waals surface area (Å²) in [4.78, 5) is 12.8. The fourth-order valence-corrected chi connectivity index (χ4v) is 3.05. The Hall–Kier alpha value is -2.76. The summed E-state index contributed by atoms with van der Waals surface area (Å²) in [6.45, 7) is 6.05. The number of furan rings is 1. The standard InChI is InChI=1S/C19H24N4O2/c1-13(7-10-16-6-5-11-25-16)21-18(24)17-12-20-22(4)19(17)23-14(2)8-9-15(23)3/h5-6,8-9,11-13H,7,10H2,1-4H3,(H,21,24)/t13-/m0/s1. The molecule has 6 nitrogen and oxygen atoms in total. The molecule has 3 heterocycles. The first-order chi connectivity index (χ1) is 12.0. The van der Waals surface area contributed by atoms with Crippen LogP contribution in [0.15, 0.2) is 41.1 Å². The van der Waals surface area contributed by atoms with Crippen LogP contribution in [0, 0.1) is 13.8 Å². The van der Waals surface area contributed by atoms with Crippen molar-refractivity contribution < 1.29 is 9.21 Å². The van der Waals surface area contributed by atoms with Gasteiger partial charge in [-0.3, -0.25) is 9.48 Å². The molecular weight excluding hydrogens is 316 g/mol. The summed E-state index contributed by atoms with van der Waals surface area (Å²) in [5, 5.41) is 7.36. The number of amides is 1. The maximum Gasteiger partial charge on any atom is 0.256 e. The van der Waals surface area contributed by atoms with Gasteiger partial charge in [0.05, 0.1) is 12.5 Å². The molecule has 0 bridgehead atoms. The van der Waals surface area contributed by atoms with Crippen molar-refractivity contribution in [2.75, 3.05) is 0 Å². The van der Waals surface area contributed by atoms with Gasteiger partial charge in [-0.05, 0) is 51.5 Å². The van der Waals surface area contributed by atoms with Gasteiger partial charge in [0, 0.05) is 30.9 Å². The third-order valence-corrected chi connectivity index (χ3v) is 4.42. The van der Waals surface area contributed by atoms with Crippen molar-refractivity contribution in [2.45, 2.75) is 39.7 Å². The molecule has 132 valence electrons. The number of carbonyl (C=O) groups is 1. The van der Waals surface area contributed by atoms with Crippen LogP contribution in [-0.2, 0) is 13.5 Å². The highest BCUT2D eigenvalue weighted by Crippen LogP contribution is 2.20. The molecule has 0 aromatic carbocycles. The summed E-state index contributed by atoms with van der Waals surface area (Å²) in [5.74, 6) is 1.61. The lowest BCUT2D eigenvalue weighted by molar-refractivity contribution is 0.0938. The zero-order valence-corrected chi connectivity index (χ0v) is 15.1. The van der Waals surface area contributed by atoms with Crippen molar-refractivity contribution in [2.24, 2.45) is 7.05 Å². The predicted molar refractivity (Wildman–Crippen MR) is 96.0 cm³/mol. The molecule has 0 aliphatic heterocycles. The molecule has 0 radical (unpaired) electrons. The van der Waals surface area contributed by atoms with Gasteiger partial charge in [0.1, 0.15) is 17.1 Å². The van der Waals surface area contributed by atoms with Crippen LogP contribution < -0.4 is 5.32 Å². The van der Waals surface area contributed by atoms with Gasteiger partial charge in [-0.1, -0.05) is 0 Å². The highest BCUT2D eigenvalue weighted by molar-refractivity contribution is 5.97. The van der Waals surface area contributed by atoms with E-state index in [4.69, 9.17) is 4.42 Å². The zero-order chi connectivity index (χ0) is 18.0. The molecule has 6 heteroatoms. The van der Waals surface area contributed by atoms with E-state index in [9.17, 15) is 4.79 Å². The van der Waals surface area contributed by atoms with Crippen LogP contribution in [0.3, 0.4) is 0 Å². The van der Waals surface area contributed by atoms with E-state index in [0.717, 1.165) is 35.8 Å². The molecule has 0 aliphatic carbocycles. The van der Waals surface area contributed by atoms with Gasteiger partial charge in [0.25, 0.3) is 5.91 Å². The monoisotopic (exact) mass is 340 g/mol. The summed E-state index contributed by atoms with van der Waals surface area (Å²) in [7, 11) is 1.85. The molecule has 1 atom stereocenters. The van der Waals surface area contributed by atoms with Crippen LogP contribution in [0.4, 0.5) is 0 Å². The molecule has 0 saturated carbocycles. The fraction of sp³-hybridized carbons (Fsp3) is 0.368. The third kappa shape index (κ3) is 3.52. The Morgan fingerprint density at radius 1 is 1.28 bits per heavy atom. The highest BCUT2D eigenvalue weighted by atomic mass is 16.3. The number of hydrogen-bond donors (Lipinski definition) is 1. The average molecular weight is 340 g/mol. The molecule has 1 amide bonds. The smallest absolute Gasteiger partial charge is 0.256 e. The Bertz CT molecular complexity index is 839. The van der Waals surface area contributed by atoms with Crippen molar-refractivity contribution in [3.05, 3.63) is 59.4 Å². The van der Waals surface area contributed by atoms with Crippen LogP contribution in [0.1, 0.15) is 40.9 Å². The minimum absolute atomic E-state index is 0.0394. The van der Waals surface area contributed by atoms with E-state index < -0.39 is 0 Å². The largest absolute Gasteiger partial charge is 0.469 e. The van der Waals surface area contributed by atoms with Gasteiger partial charge in [-0.15, -0.1) is 0 Å². The quantitative estimate of drug-likeness (QED) is 0.749. The number of nitrogens with one attached hydrogen (secondary N) is 1. The molecule has 3 rings (SSSR count). The van der Waals surface area contributed by atoms with Crippen molar-refractivity contribution >= 4 is 5.91 Å². The summed E-state index contributed by atoms with van der Waals surface area (Å²) < 4.78 is 9.13. The van der Waals surface area contributed by atoms with Crippen molar-refractivity contribution in [3.63, 3.8) is 0 Å². The van der Waals surface area contributed by atoms with Crippen LogP contribution in [0.2, 0.25) is 0 Å². The Morgan fingerprint density at radius 2 is 2.00 bits per heavy atom. The molecule has 3 aromatic rings. The second-order valence-corrected chi connectivity index (χ2v) is 6.45. The van der Waals surface area contributed by atoms with Crippen LogP contribution >= 0.6 is 0 Å². The van der Waals surface area contributed by atoms with E-state index in [0.29, 0.717) is 5.56 Å². The van der Waals surface area contributed by atoms with E-state index in [1.165, 1.54) is 0 Å². The normalized spacial score (nSPS) is 12.3. The first kappa shape index (κ1) is 17.1. The molecular formula is C19H24N4O2. The highest BCUT2D eigenvalue weighted by Gasteiger charge is 2.21. The minimum atomic E-state index is -0.109. The second kappa shape index (κ2) is 7.01. The Balaban J connectivity index is 1.75. The van der Waals surface area contributed by atoms with E-state index in [-0.39, 0.29) is 11.9 Å². The van der Waals surface area contributed by atoms with E-state index in [1.54, 1.807) is 17.1 Å². The number of carbonyl (C=O) groups excluding carboxylic acids is 1. The first-order valence-electron chi connectivity index (χ1n) is 8.48. The summed E-state index contributed by atoms with van der Waals surface area (Å²) >= 11 is 0. The molecule has 0 spiro atoms. The van der Waals surface area contributed by atoms with Crippen LogP contribution in [0.25, 0.3) is 5.82 Å². The number of nitrogens with zero attached hydrogens (tertiary/aromatic N) is 3. The lowest BCUT2D eigenvalue weighted by atomic mass is 10.1. The fourth-order valence-electron chi connectivity index (χ4n) is 3.05. The van der Waals surface area contributed by atoms with Gasteiger partial charge >= 0.3 is 0 Å². The topological polar surface area (TPSA) is 65.0 Å². The van der Waals surface area contributed by atoms with E-state index in [2.05, 4.69) is 15.0 Å². The second-order valence-electron chi connectivity index (χ2n) is 6.45. The maximum atomic E-state index is 12.8. The van der Waals surface area contributed by atoms with Gasteiger partial charge in [0.15, 0.2) is 0 Å². The maximum absolute atomic E-state index is 12.8. The Kier molecular flexibility index (Phi) is 4.79. The van der Waals surface area contributed by atoms with Crippen LogP contribution in [-0.4, -0.2) is 26.3 Å². The third-order valence-electron chi connectivity index (χ3n) is 4.42. The Morgan fingerprint density at radius 3 is 2.64 bits per heavy atom. The van der Waals surface area contributed by atoms with E-state index >= 15 is 0 Å². The number of rotatable bonds is 6. The van der Waals surface area contributed by atoms with Gasteiger partial charge in [-0.25, -0.2) is 0 Å². The van der Waals surface area contributed by atoms with Crippen molar-refractivity contribution in [3.8, 4) is 5.82 Å². The summed E-state index contributed by atoms with van der Waals surface area (Å²) in [6.07, 6.45) is 4.91. The summed E-state index contributed by atoms with van der Waals surface area (Å²) in [6, 6.07) is 7.94. The van der Waals surface area contributed by atoms with Gasteiger partial charge < -0.3 is 14.3 Å². The average Bonchev–Trinajstić information content (AvgIpc) is 3.28. The molecule has 0 unspecified atom stereocenters. The van der Waals surface area contributed by atoms with Crippen molar-refractivity contribution in [1.82, 2.24) is 19.7 Å². The number of aromatic nitrogens is 3. The van der Waals surface area contributed by atoms with Crippen LogP contribution in [0.5, 0.6) is 0 Å². The van der Waals surface area contributed by atoms with Gasteiger partial charge in [0.2, 0.25) is 0 Å². The lowest BCUT2D eigenvalue weighted by Crippen LogP contribution is -2.33. The molecule has 0 fully saturated rings. The van der Waals surface area contributed by atoms with Gasteiger partial charge in [-0.2, -0.15) is 5.10 Å². The molecule has 1 N–H and O–H groups in total. The molecule has 3 aromatic heterocycles. The van der Waals surface area contributed by atoms with Crippen molar-refractivity contribution in [1.29, 1.82) is 0 Å². The zero-order valence-electron chi connectivity index (χ0n) is 15.1. The first-order valence-corrected chi connectivity index (χ1v) is 8.48. The minimum Gasteiger partial charge on any atom is -0.469 e. The SMILES string of the molecule is Cc1ccc(C)n1-c1c(C(=O)N[C@@H](C)CCc2ccco2)cnn1C. The summed E-state index contributed by atoms with van der Waals surface area (Å²) in [5.41, 5.74) is 2.72. The number of hydrogen-bond acceptors (Lipinski definition) is 3. The molecule has 0 aliphatic rings.